The van der Waals surface area contributed by atoms with Crippen LogP contribution in [0, 0.1) is 0 Å². The lowest BCUT2D eigenvalue weighted by atomic mass is 9.93. The maximum absolute atomic E-state index is 13.0. The maximum atomic E-state index is 13.0. The third kappa shape index (κ3) is 11.5. The first-order valence-corrected chi connectivity index (χ1v) is 14.4. The molecule has 0 radical (unpaired) electrons. The normalized spacial score (nSPS) is 20.4. The van der Waals surface area contributed by atoms with Gasteiger partial charge in [0, 0.05) is 49.5 Å². The number of hydrogen-bond acceptors (Lipinski definition) is 8. The molecule has 0 bridgehead atoms. The van der Waals surface area contributed by atoms with E-state index in [2.05, 4.69) is 30.3 Å². The summed E-state index contributed by atoms with van der Waals surface area (Å²) in [5.74, 6) is -0.612. The Morgan fingerprint density at radius 2 is 1.66 bits per heavy atom. The lowest BCUT2D eigenvalue weighted by Crippen LogP contribution is -2.41. The van der Waals surface area contributed by atoms with E-state index >= 15 is 0 Å². The molecule has 2 aromatic rings. The van der Waals surface area contributed by atoms with Gasteiger partial charge in [-0.3, -0.25) is 10.2 Å². The first-order chi connectivity index (χ1) is 20.8. The van der Waals surface area contributed by atoms with Crippen molar-refractivity contribution in [2.24, 2.45) is 0 Å². The van der Waals surface area contributed by atoms with Crippen molar-refractivity contribution < 1.29 is 50.4 Å². The minimum Gasteiger partial charge on any atom is -0.490 e. The number of rotatable bonds is 11. The van der Waals surface area contributed by atoms with E-state index in [1.165, 1.54) is 30.3 Å². The van der Waals surface area contributed by atoms with Crippen molar-refractivity contribution >= 4 is 23.0 Å². The van der Waals surface area contributed by atoms with Gasteiger partial charge >= 0.3 is 12.7 Å². The highest BCUT2D eigenvalue weighted by atomic mass is 32.1. The lowest BCUT2D eigenvalue weighted by molar-refractivity contribution is -0.276. The van der Waals surface area contributed by atoms with E-state index in [0.29, 0.717) is 57.7 Å². The lowest BCUT2D eigenvalue weighted by Gasteiger charge is -2.30. The fourth-order valence-corrected chi connectivity index (χ4v) is 5.25. The standard InChI is InChI=1S/C28H34F6N4O5S/c29-27(30,31)42-22-3-1-2-19(16-22)37-26(44)36-18-4-6-20(7-5-18)41-21-8-9-24(43-28(32,33)34)23(17-21)25(39)35-10-11-38-12-14-40-15-13-38/h1-3,8-9,16-18,20,25,35,39H,4-7,10-15H2,(H2,36,37,44). The Bertz CT molecular complexity index is 1220. The summed E-state index contributed by atoms with van der Waals surface area (Å²) in [5.41, 5.74) is 0.228. The monoisotopic (exact) mass is 652 g/mol. The molecule has 244 valence electrons. The van der Waals surface area contributed by atoms with Crippen LogP contribution in [0.3, 0.4) is 0 Å². The highest BCUT2D eigenvalue weighted by Crippen LogP contribution is 2.34. The van der Waals surface area contributed by atoms with Gasteiger partial charge in [0.05, 0.1) is 19.3 Å². The van der Waals surface area contributed by atoms with Crippen LogP contribution in [0.1, 0.15) is 37.5 Å². The summed E-state index contributed by atoms with van der Waals surface area (Å²) in [5, 5.41) is 19.8. The third-order valence-electron chi connectivity index (χ3n) is 7.01. The fraction of sp³-hybridized carbons (Fsp3) is 0.536. The quantitative estimate of drug-likeness (QED) is 0.150. The number of morpholine rings is 1. The molecule has 0 spiro atoms. The van der Waals surface area contributed by atoms with Gasteiger partial charge in [0.15, 0.2) is 5.11 Å². The van der Waals surface area contributed by atoms with Gasteiger partial charge in [0.2, 0.25) is 0 Å². The first kappa shape index (κ1) is 33.8. The average Bonchev–Trinajstić information content (AvgIpc) is 2.94. The van der Waals surface area contributed by atoms with Gasteiger partial charge in [0.1, 0.15) is 23.5 Å². The maximum Gasteiger partial charge on any atom is 0.573 e. The zero-order chi connectivity index (χ0) is 31.7. The summed E-state index contributed by atoms with van der Waals surface area (Å²) in [6.45, 7) is 3.59. The summed E-state index contributed by atoms with van der Waals surface area (Å²) < 4.78 is 96.0. The first-order valence-electron chi connectivity index (χ1n) is 14.0. The Labute approximate surface area is 255 Å². The van der Waals surface area contributed by atoms with E-state index in [1.807, 2.05) is 0 Å². The van der Waals surface area contributed by atoms with Crippen molar-refractivity contribution in [1.29, 1.82) is 0 Å². The topological polar surface area (TPSA) is 96.5 Å². The Balaban J connectivity index is 1.28. The average molecular weight is 653 g/mol. The number of hydrogen-bond donors (Lipinski definition) is 4. The highest BCUT2D eigenvalue weighted by Gasteiger charge is 2.34. The molecule has 2 aromatic carbocycles. The molecule has 1 aliphatic carbocycles. The molecule has 1 unspecified atom stereocenters. The van der Waals surface area contributed by atoms with Crippen LogP contribution < -0.4 is 30.2 Å². The van der Waals surface area contributed by atoms with E-state index in [1.54, 1.807) is 6.07 Å². The van der Waals surface area contributed by atoms with Crippen LogP contribution in [-0.2, 0) is 4.74 Å². The number of halogens is 6. The molecule has 1 atom stereocenters. The summed E-state index contributed by atoms with van der Waals surface area (Å²) in [7, 11) is 0. The molecule has 0 amide bonds. The predicted molar refractivity (Wildman–Crippen MR) is 152 cm³/mol. The zero-order valence-electron chi connectivity index (χ0n) is 23.5. The molecule has 9 nitrogen and oxygen atoms in total. The zero-order valence-corrected chi connectivity index (χ0v) is 24.4. The molecule has 2 fully saturated rings. The number of benzene rings is 2. The Morgan fingerprint density at radius 3 is 2.34 bits per heavy atom. The second-order valence-corrected chi connectivity index (χ2v) is 10.7. The number of aliphatic hydroxyl groups is 1. The van der Waals surface area contributed by atoms with E-state index in [-0.39, 0.29) is 34.3 Å². The molecule has 0 aromatic heterocycles. The molecule has 44 heavy (non-hydrogen) atoms. The van der Waals surface area contributed by atoms with E-state index in [9.17, 15) is 31.4 Å². The number of aliphatic hydroxyl groups excluding tert-OH is 1. The van der Waals surface area contributed by atoms with Gasteiger partial charge in [-0.1, -0.05) is 6.07 Å². The second kappa shape index (κ2) is 15.3. The number of alkyl halides is 6. The van der Waals surface area contributed by atoms with Crippen molar-refractivity contribution in [2.45, 2.75) is 56.8 Å². The van der Waals surface area contributed by atoms with Crippen LogP contribution in [-0.4, -0.2) is 79.4 Å². The number of anilines is 1. The largest absolute Gasteiger partial charge is 0.573 e. The number of nitrogens with zero attached hydrogens (tertiary/aromatic N) is 1. The van der Waals surface area contributed by atoms with E-state index in [4.69, 9.17) is 21.7 Å². The van der Waals surface area contributed by atoms with Gasteiger partial charge in [-0.15, -0.1) is 26.3 Å². The van der Waals surface area contributed by atoms with Crippen LogP contribution in [0.5, 0.6) is 17.2 Å². The van der Waals surface area contributed by atoms with Crippen LogP contribution >= 0.6 is 12.2 Å². The van der Waals surface area contributed by atoms with Gasteiger partial charge in [-0.25, -0.2) is 0 Å². The van der Waals surface area contributed by atoms with Crippen LogP contribution in [0.4, 0.5) is 32.0 Å². The Hall–Kier alpha value is -3.05. The molecule has 1 aliphatic heterocycles. The summed E-state index contributed by atoms with van der Waals surface area (Å²) >= 11 is 5.31. The van der Waals surface area contributed by atoms with Crippen molar-refractivity contribution in [3.8, 4) is 17.2 Å². The summed E-state index contributed by atoms with van der Waals surface area (Å²) in [6.07, 6.45) is -8.90. The fourth-order valence-electron chi connectivity index (χ4n) is 4.97. The van der Waals surface area contributed by atoms with E-state index < -0.39 is 24.7 Å². The summed E-state index contributed by atoms with van der Waals surface area (Å²) in [4.78, 5) is 2.12. The second-order valence-electron chi connectivity index (χ2n) is 10.3. The Morgan fingerprint density at radius 1 is 0.955 bits per heavy atom. The molecule has 4 N–H and O–H groups in total. The van der Waals surface area contributed by atoms with Gasteiger partial charge in [0.25, 0.3) is 0 Å². The van der Waals surface area contributed by atoms with Crippen molar-refractivity contribution in [3.63, 3.8) is 0 Å². The van der Waals surface area contributed by atoms with Gasteiger partial charge in [-0.2, -0.15) is 0 Å². The SMILES string of the molecule is OC(NCCN1CCOCC1)c1cc(OC2CCC(NC(=S)Nc3cccc(OC(F)(F)F)c3)CC2)ccc1OC(F)(F)F. The van der Waals surface area contributed by atoms with Crippen LogP contribution in [0.15, 0.2) is 42.5 Å². The predicted octanol–water partition coefficient (Wildman–Crippen LogP) is 5.07. The molecule has 1 saturated carbocycles. The van der Waals surface area contributed by atoms with E-state index in [0.717, 1.165) is 19.2 Å². The smallest absolute Gasteiger partial charge is 0.490 e. The van der Waals surface area contributed by atoms with Gasteiger partial charge < -0.3 is 34.7 Å². The van der Waals surface area contributed by atoms with Crippen LogP contribution in [0.2, 0.25) is 0 Å². The number of thiocarbonyl (C=S) groups is 1. The number of nitrogens with one attached hydrogen (secondary N) is 3. The Kier molecular flexibility index (Phi) is 11.8. The van der Waals surface area contributed by atoms with Crippen LogP contribution in [0.25, 0.3) is 0 Å². The minimum absolute atomic E-state index is 0.0277. The molecule has 1 saturated heterocycles. The van der Waals surface area contributed by atoms with Gasteiger partial charge in [-0.05, 0) is 68.2 Å². The molecular formula is C28H34F6N4O5S. The minimum atomic E-state index is -4.94. The molecule has 16 heteroatoms. The molecule has 1 heterocycles. The van der Waals surface area contributed by atoms with Crippen molar-refractivity contribution in [1.82, 2.24) is 15.5 Å². The molecule has 2 aliphatic rings. The molecular weight excluding hydrogens is 618 g/mol. The van der Waals surface area contributed by atoms with Crippen molar-refractivity contribution in [2.75, 3.05) is 44.7 Å². The third-order valence-corrected chi connectivity index (χ3v) is 7.23. The summed E-state index contributed by atoms with van der Waals surface area (Å²) in [6, 6.07) is 9.12. The number of ether oxygens (including phenoxy) is 4. The highest BCUT2D eigenvalue weighted by molar-refractivity contribution is 7.80. The van der Waals surface area contributed by atoms with Crippen molar-refractivity contribution in [3.05, 3.63) is 48.0 Å². The molecule has 4 rings (SSSR count).